The van der Waals surface area contributed by atoms with Gasteiger partial charge in [0.15, 0.2) is 0 Å². The number of aromatic nitrogens is 3. The first-order valence-corrected chi connectivity index (χ1v) is 11.0. The van der Waals surface area contributed by atoms with E-state index in [2.05, 4.69) is 20.5 Å². The molecule has 162 valence electrons. The van der Waals surface area contributed by atoms with Crippen molar-refractivity contribution in [2.24, 2.45) is 0 Å². The number of nitrogens with zero attached hydrogens (tertiary/aromatic N) is 4. The molecule has 1 amide bonds. The van der Waals surface area contributed by atoms with Crippen LogP contribution in [0, 0.1) is 0 Å². The monoisotopic (exact) mass is 449 g/mol. The molecule has 4 rings (SSSR count). The summed E-state index contributed by atoms with van der Waals surface area (Å²) in [5, 5.41) is 10.2. The number of pyridine rings is 1. The number of rotatable bonds is 7. The molecule has 32 heavy (non-hydrogen) atoms. The minimum atomic E-state index is -3.71. The SMILES string of the molecule is CN(Cc1ccccc1)S(=O)(=O)c1ccc(C(=O)Nc2nnc(-c3cccnc3)o2)cc1. The van der Waals surface area contributed by atoms with E-state index >= 15 is 0 Å². The summed E-state index contributed by atoms with van der Waals surface area (Å²) in [4.78, 5) is 16.5. The lowest BCUT2D eigenvalue weighted by molar-refractivity contribution is 0.102. The number of anilines is 1. The standard InChI is InChI=1S/C22H19N5O4S/c1-27(15-16-6-3-2-4-7-16)32(29,30)19-11-9-17(10-12-19)20(28)24-22-26-25-21(31-22)18-8-5-13-23-14-18/h2-14H,15H2,1H3,(H,24,26,28). The van der Waals surface area contributed by atoms with Gasteiger partial charge in [-0.1, -0.05) is 35.4 Å². The highest BCUT2D eigenvalue weighted by Gasteiger charge is 2.21. The molecule has 0 saturated carbocycles. The van der Waals surface area contributed by atoms with Gasteiger partial charge in [0.05, 0.1) is 10.5 Å². The van der Waals surface area contributed by atoms with E-state index in [0.29, 0.717) is 5.56 Å². The van der Waals surface area contributed by atoms with Gasteiger partial charge in [-0.25, -0.2) is 8.42 Å². The maximum Gasteiger partial charge on any atom is 0.322 e. The van der Waals surface area contributed by atoms with Gasteiger partial charge >= 0.3 is 6.01 Å². The molecule has 4 aromatic rings. The minimum Gasteiger partial charge on any atom is -0.403 e. The van der Waals surface area contributed by atoms with Gasteiger partial charge in [0.2, 0.25) is 10.0 Å². The lowest BCUT2D eigenvalue weighted by Gasteiger charge is -2.17. The van der Waals surface area contributed by atoms with Crippen LogP contribution in [0.5, 0.6) is 0 Å². The second-order valence-electron chi connectivity index (χ2n) is 6.88. The Labute approximate surface area is 184 Å². The van der Waals surface area contributed by atoms with Crippen molar-refractivity contribution in [2.75, 3.05) is 12.4 Å². The Kier molecular flexibility index (Phi) is 6.06. The van der Waals surface area contributed by atoms with E-state index in [1.54, 1.807) is 24.5 Å². The first kappa shape index (κ1) is 21.3. The van der Waals surface area contributed by atoms with Gasteiger partial charge in [0.1, 0.15) is 0 Å². The van der Waals surface area contributed by atoms with Crippen LogP contribution in [0.25, 0.3) is 11.5 Å². The third-order valence-corrected chi connectivity index (χ3v) is 6.44. The Morgan fingerprint density at radius 2 is 1.75 bits per heavy atom. The largest absolute Gasteiger partial charge is 0.403 e. The Bertz CT molecular complexity index is 1310. The summed E-state index contributed by atoms with van der Waals surface area (Å²) in [5.74, 6) is -0.288. The van der Waals surface area contributed by atoms with Crippen molar-refractivity contribution in [2.45, 2.75) is 11.4 Å². The van der Waals surface area contributed by atoms with E-state index in [1.807, 2.05) is 30.3 Å². The Morgan fingerprint density at radius 1 is 1.00 bits per heavy atom. The molecule has 0 aliphatic heterocycles. The second-order valence-corrected chi connectivity index (χ2v) is 8.92. The first-order valence-electron chi connectivity index (χ1n) is 9.59. The van der Waals surface area contributed by atoms with E-state index < -0.39 is 15.9 Å². The van der Waals surface area contributed by atoms with E-state index in [1.165, 1.54) is 35.6 Å². The van der Waals surface area contributed by atoms with Gasteiger partial charge in [-0.3, -0.25) is 15.1 Å². The van der Waals surface area contributed by atoms with E-state index in [-0.39, 0.29) is 28.9 Å². The van der Waals surface area contributed by atoms with Gasteiger partial charge in [0, 0.05) is 31.5 Å². The Hall–Kier alpha value is -3.89. The van der Waals surface area contributed by atoms with Gasteiger partial charge in [-0.2, -0.15) is 4.31 Å². The predicted octanol–water partition coefficient (Wildman–Crippen LogP) is 3.20. The van der Waals surface area contributed by atoms with Crippen LogP contribution in [0.2, 0.25) is 0 Å². The third-order valence-electron chi connectivity index (χ3n) is 4.63. The van der Waals surface area contributed by atoms with E-state index in [9.17, 15) is 13.2 Å². The fourth-order valence-electron chi connectivity index (χ4n) is 2.93. The molecule has 1 N–H and O–H groups in total. The molecule has 0 unspecified atom stereocenters. The topological polar surface area (TPSA) is 118 Å². The molecule has 0 bridgehead atoms. The first-order chi connectivity index (χ1) is 15.4. The van der Waals surface area contributed by atoms with Crippen molar-refractivity contribution in [1.82, 2.24) is 19.5 Å². The molecule has 2 aromatic carbocycles. The molecule has 0 fully saturated rings. The van der Waals surface area contributed by atoms with Crippen LogP contribution >= 0.6 is 0 Å². The van der Waals surface area contributed by atoms with Gasteiger partial charge < -0.3 is 4.42 Å². The second kappa shape index (κ2) is 9.08. The van der Waals surface area contributed by atoms with Crippen LogP contribution in [0.15, 0.2) is 88.4 Å². The van der Waals surface area contributed by atoms with Crippen molar-refractivity contribution in [3.63, 3.8) is 0 Å². The zero-order valence-corrected chi connectivity index (χ0v) is 17.9. The quantitative estimate of drug-likeness (QED) is 0.460. The molecule has 0 aliphatic carbocycles. The summed E-state index contributed by atoms with van der Waals surface area (Å²) in [5.41, 5.74) is 1.74. The summed E-state index contributed by atoms with van der Waals surface area (Å²) in [6.45, 7) is 0.238. The number of carbonyl (C=O) groups is 1. The maximum atomic E-state index is 12.8. The van der Waals surface area contributed by atoms with Crippen molar-refractivity contribution in [3.05, 3.63) is 90.3 Å². The summed E-state index contributed by atoms with van der Waals surface area (Å²) in [6.07, 6.45) is 3.18. The molecule has 10 heteroatoms. The number of amides is 1. The molecule has 0 saturated heterocycles. The van der Waals surface area contributed by atoms with E-state index in [0.717, 1.165) is 5.56 Å². The fraction of sp³-hybridized carbons (Fsp3) is 0.0909. The van der Waals surface area contributed by atoms with E-state index in [4.69, 9.17) is 4.42 Å². The number of sulfonamides is 1. The highest BCUT2D eigenvalue weighted by atomic mass is 32.2. The lowest BCUT2D eigenvalue weighted by atomic mass is 10.2. The molecule has 0 radical (unpaired) electrons. The Morgan fingerprint density at radius 3 is 2.44 bits per heavy atom. The zero-order chi connectivity index (χ0) is 22.6. The molecular weight excluding hydrogens is 430 g/mol. The van der Waals surface area contributed by atoms with Crippen LogP contribution in [-0.4, -0.2) is 40.9 Å². The summed E-state index contributed by atoms with van der Waals surface area (Å²) < 4.78 is 32.4. The van der Waals surface area contributed by atoms with Crippen molar-refractivity contribution in [3.8, 4) is 11.5 Å². The highest BCUT2D eigenvalue weighted by Crippen LogP contribution is 2.20. The molecule has 2 aromatic heterocycles. The van der Waals surface area contributed by atoms with Crippen LogP contribution in [0.4, 0.5) is 6.01 Å². The zero-order valence-electron chi connectivity index (χ0n) is 17.0. The van der Waals surface area contributed by atoms with Crippen LogP contribution in [-0.2, 0) is 16.6 Å². The van der Waals surface area contributed by atoms with Crippen LogP contribution in [0.3, 0.4) is 0 Å². The van der Waals surface area contributed by atoms with Gasteiger partial charge in [0.25, 0.3) is 11.8 Å². The minimum absolute atomic E-state index is 0.0758. The number of nitrogens with one attached hydrogen (secondary N) is 1. The maximum absolute atomic E-state index is 12.8. The third kappa shape index (κ3) is 4.71. The molecule has 9 nitrogen and oxygen atoms in total. The number of benzene rings is 2. The van der Waals surface area contributed by atoms with Gasteiger partial charge in [-0.05, 0) is 42.0 Å². The van der Waals surface area contributed by atoms with Crippen LogP contribution in [0.1, 0.15) is 15.9 Å². The van der Waals surface area contributed by atoms with Crippen molar-refractivity contribution >= 4 is 21.9 Å². The summed E-state index contributed by atoms with van der Waals surface area (Å²) >= 11 is 0. The predicted molar refractivity (Wildman–Crippen MR) is 117 cm³/mol. The molecule has 0 atom stereocenters. The highest BCUT2D eigenvalue weighted by molar-refractivity contribution is 7.89. The average molecular weight is 449 g/mol. The average Bonchev–Trinajstić information content (AvgIpc) is 3.29. The van der Waals surface area contributed by atoms with Gasteiger partial charge in [-0.15, -0.1) is 5.10 Å². The smallest absolute Gasteiger partial charge is 0.322 e. The molecule has 0 aliphatic rings. The number of hydrogen-bond donors (Lipinski definition) is 1. The number of hydrogen-bond acceptors (Lipinski definition) is 7. The van der Waals surface area contributed by atoms with Crippen molar-refractivity contribution in [1.29, 1.82) is 0 Å². The number of carbonyl (C=O) groups excluding carboxylic acids is 1. The molecule has 0 spiro atoms. The molecular formula is C22H19N5O4S. The fourth-order valence-corrected chi connectivity index (χ4v) is 4.09. The molecule has 2 heterocycles. The normalized spacial score (nSPS) is 11.4. The van der Waals surface area contributed by atoms with Crippen LogP contribution < -0.4 is 5.32 Å². The summed E-state index contributed by atoms with van der Waals surface area (Å²) in [6, 6.07) is 18.3. The summed E-state index contributed by atoms with van der Waals surface area (Å²) in [7, 11) is -2.20. The lowest BCUT2D eigenvalue weighted by Crippen LogP contribution is -2.26. The Balaban J connectivity index is 1.44. The van der Waals surface area contributed by atoms with Crippen molar-refractivity contribution < 1.29 is 17.6 Å².